The Morgan fingerprint density at radius 3 is 2.00 bits per heavy atom. The molecule has 0 amide bonds. The quantitative estimate of drug-likeness (QED) is 0.244. The van der Waals surface area contributed by atoms with Gasteiger partial charge in [-0.3, -0.25) is 4.55 Å². The van der Waals surface area contributed by atoms with Crippen LogP contribution in [0.4, 0.5) is 0 Å². The number of hydrogen-bond donors (Lipinski definition) is 1. The van der Waals surface area contributed by atoms with Crippen LogP contribution in [0.1, 0.15) is 83.1 Å². The molecule has 0 saturated heterocycles. The van der Waals surface area contributed by atoms with Crippen molar-refractivity contribution in [2.24, 2.45) is 0 Å². The number of unbranched alkanes of at least 4 members (excludes halogenated alkanes) is 10. The van der Waals surface area contributed by atoms with E-state index in [-0.39, 0.29) is 35.3 Å². The molecule has 0 radical (unpaired) electrons. The zero-order chi connectivity index (χ0) is 22.5. The fourth-order valence-corrected chi connectivity index (χ4v) is 4.25. The van der Waals surface area contributed by atoms with E-state index in [0.29, 0.717) is 5.75 Å². The van der Waals surface area contributed by atoms with Crippen molar-refractivity contribution >= 4 is 10.1 Å². The molecule has 2 aromatic rings. The van der Waals surface area contributed by atoms with Crippen LogP contribution in [0.3, 0.4) is 0 Å². The molecule has 0 aliphatic carbocycles. The predicted molar refractivity (Wildman–Crippen MR) is 122 cm³/mol. The van der Waals surface area contributed by atoms with Gasteiger partial charge in [0.15, 0.2) is 0 Å². The maximum absolute atomic E-state index is 12.2. The SMILES string of the molecule is CCCCCCCCCCCCCc1cccc(Oc2cccc(S(=O)(=O)O)c2[O-])c1.[Na+]. The van der Waals surface area contributed by atoms with Crippen molar-refractivity contribution in [3.8, 4) is 17.2 Å². The molecule has 1 N–H and O–H groups in total. The zero-order valence-electron chi connectivity index (χ0n) is 19.5. The van der Waals surface area contributed by atoms with Gasteiger partial charge in [-0.2, -0.15) is 8.42 Å². The van der Waals surface area contributed by atoms with Crippen LogP contribution in [0.5, 0.6) is 17.2 Å². The number of benzene rings is 2. The minimum absolute atomic E-state index is 0. The van der Waals surface area contributed by atoms with E-state index in [2.05, 4.69) is 6.92 Å². The average Bonchev–Trinajstić information content (AvgIpc) is 2.73. The summed E-state index contributed by atoms with van der Waals surface area (Å²) in [5.41, 5.74) is 1.12. The standard InChI is InChI=1S/C25H36O5S.Na/c1-2-3-4-5-6-7-8-9-10-11-12-15-21-16-13-17-22(20-21)30-23-18-14-19-24(25(23)26)31(27,28)29;/h13-14,16-20,26H,2-12,15H2,1H3,(H,27,28,29);/q;+1/p-1. The Kier molecular flexibility index (Phi) is 14.2. The summed E-state index contributed by atoms with van der Waals surface area (Å²) in [6.45, 7) is 2.25. The number of ether oxygens (including phenoxy) is 1. The summed E-state index contributed by atoms with van der Waals surface area (Å²) in [6.07, 6.45) is 15.2. The van der Waals surface area contributed by atoms with Gasteiger partial charge in [0.2, 0.25) is 0 Å². The molecule has 0 heterocycles. The molecule has 0 atom stereocenters. The van der Waals surface area contributed by atoms with Crippen molar-refractivity contribution < 1.29 is 52.4 Å². The van der Waals surface area contributed by atoms with Gasteiger partial charge in [0, 0.05) is 0 Å². The van der Waals surface area contributed by atoms with E-state index in [1.807, 2.05) is 18.2 Å². The molecule has 5 nitrogen and oxygen atoms in total. The summed E-state index contributed by atoms with van der Waals surface area (Å²) in [5, 5.41) is 12.2. The monoisotopic (exact) mass is 470 g/mol. The predicted octanol–water partition coefficient (Wildman–Crippen LogP) is 3.66. The third-order valence-corrected chi connectivity index (χ3v) is 6.29. The van der Waals surface area contributed by atoms with Crippen molar-refractivity contribution in [1.29, 1.82) is 0 Å². The Labute approximate surface area is 215 Å². The summed E-state index contributed by atoms with van der Waals surface area (Å²) in [7, 11) is -4.58. The summed E-state index contributed by atoms with van der Waals surface area (Å²) in [4.78, 5) is -0.679. The van der Waals surface area contributed by atoms with Crippen LogP contribution in [0.15, 0.2) is 47.4 Å². The average molecular weight is 471 g/mol. The van der Waals surface area contributed by atoms with Crippen molar-refractivity contribution in [2.75, 3.05) is 0 Å². The topological polar surface area (TPSA) is 86.7 Å². The van der Waals surface area contributed by atoms with E-state index < -0.39 is 20.8 Å². The maximum atomic E-state index is 12.2. The van der Waals surface area contributed by atoms with Crippen LogP contribution in [-0.2, 0) is 16.5 Å². The molecule has 172 valence electrons. The first kappa shape index (κ1) is 29.0. The fourth-order valence-electron chi connectivity index (χ4n) is 3.66. The van der Waals surface area contributed by atoms with Crippen molar-refractivity contribution in [3.05, 3.63) is 48.0 Å². The number of aryl methyl sites for hydroxylation is 1. The molecule has 0 aliphatic rings. The van der Waals surface area contributed by atoms with Crippen molar-refractivity contribution in [1.82, 2.24) is 0 Å². The van der Waals surface area contributed by atoms with Gasteiger partial charge >= 0.3 is 29.6 Å². The molecule has 0 saturated carbocycles. The molecular weight excluding hydrogens is 435 g/mol. The van der Waals surface area contributed by atoms with E-state index in [4.69, 9.17) is 9.29 Å². The summed E-state index contributed by atoms with van der Waals surface area (Å²) in [5.74, 6) is -0.493. The van der Waals surface area contributed by atoms with Crippen LogP contribution < -0.4 is 39.4 Å². The largest absolute Gasteiger partial charge is 1.00 e. The van der Waals surface area contributed by atoms with Gasteiger partial charge in [-0.25, -0.2) is 0 Å². The number of rotatable bonds is 15. The summed E-state index contributed by atoms with van der Waals surface area (Å²) < 4.78 is 37.3. The Hall–Kier alpha value is -1.05. The smallest absolute Gasteiger partial charge is 0.869 e. The first-order valence-corrected chi connectivity index (χ1v) is 12.9. The molecule has 0 aliphatic heterocycles. The molecule has 2 aromatic carbocycles. The minimum Gasteiger partial charge on any atom is -0.869 e. The zero-order valence-corrected chi connectivity index (χ0v) is 22.3. The number of para-hydroxylation sites is 1. The van der Waals surface area contributed by atoms with Gasteiger partial charge in [0.05, 0.1) is 4.90 Å². The Morgan fingerprint density at radius 2 is 1.41 bits per heavy atom. The van der Waals surface area contributed by atoms with Crippen LogP contribution in [0.2, 0.25) is 0 Å². The molecule has 0 bridgehead atoms. The van der Waals surface area contributed by atoms with Gasteiger partial charge in [0.1, 0.15) is 11.5 Å². The second-order valence-electron chi connectivity index (χ2n) is 8.09. The fraction of sp³-hybridized carbons (Fsp3) is 0.520. The summed E-state index contributed by atoms with van der Waals surface area (Å²) in [6, 6.07) is 11.3. The van der Waals surface area contributed by atoms with Crippen molar-refractivity contribution in [3.63, 3.8) is 0 Å². The van der Waals surface area contributed by atoms with Gasteiger partial charge in [0.25, 0.3) is 10.1 Å². The normalized spacial score (nSPS) is 11.2. The van der Waals surface area contributed by atoms with Gasteiger partial charge in [-0.05, 0) is 48.4 Å². The van der Waals surface area contributed by atoms with Crippen LogP contribution in [0, 0.1) is 0 Å². The van der Waals surface area contributed by atoms with Crippen molar-refractivity contribution in [2.45, 2.75) is 88.9 Å². The van der Waals surface area contributed by atoms with E-state index in [1.54, 1.807) is 6.07 Å². The van der Waals surface area contributed by atoms with Crippen LogP contribution in [0.25, 0.3) is 0 Å². The van der Waals surface area contributed by atoms with Crippen LogP contribution >= 0.6 is 0 Å². The Morgan fingerprint density at radius 1 is 0.844 bits per heavy atom. The van der Waals surface area contributed by atoms with Gasteiger partial charge in [-0.1, -0.05) is 89.3 Å². The number of hydrogen-bond acceptors (Lipinski definition) is 4. The van der Waals surface area contributed by atoms with Gasteiger partial charge in [-0.15, -0.1) is 0 Å². The maximum Gasteiger partial charge on any atom is 1.00 e. The molecule has 0 unspecified atom stereocenters. The third kappa shape index (κ3) is 10.7. The first-order valence-electron chi connectivity index (χ1n) is 11.5. The van der Waals surface area contributed by atoms with Gasteiger partial charge < -0.3 is 9.84 Å². The third-order valence-electron chi connectivity index (χ3n) is 5.42. The molecule has 32 heavy (non-hydrogen) atoms. The molecule has 7 heteroatoms. The molecule has 0 spiro atoms. The molecule has 0 fully saturated rings. The van der Waals surface area contributed by atoms with E-state index in [0.717, 1.165) is 24.5 Å². The molecular formula is C25H35NaO5S. The van der Waals surface area contributed by atoms with E-state index >= 15 is 0 Å². The molecule has 0 aromatic heterocycles. The Bertz CT molecular complexity index is 899. The van der Waals surface area contributed by atoms with Crippen LogP contribution in [-0.4, -0.2) is 13.0 Å². The summed E-state index contributed by atoms with van der Waals surface area (Å²) >= 11 is 0. The second kappa shape index (κ2) is 15.7. The molecule has 2 rings (SSSR count). The van der Waals surface area contributed by atoms with E-state index in [1.165, 1.54) is 76.3 Å². The first-order chi connectivity index (χ1) is 14.9. The Balaban J connectivity index is 0.00000512. The van der Waals surface area contributed by atoms with E-state index in [9.17, 15) is 13.5 Å². The second-order valence-corrected chi connectivity index (χ2v) is 9.48. The minimum atomic E-state index is -4.58.